The summed E-state index contributed by atoms with van der Waals surface area (Å²) >= 11 is 12.3. The number of aromatic nitrogens is 1. The summed E-state index contributed by atoms with van der Waals surface area (Å²) in [6, 6.07) is 1.71. The van der Waals surface area contributed by atoms with E-state index in [1.54, 1.807) is 6.07 Å². The maximum Gasteiger partial charge on any atom is 0.234 e. The van der Waals surface area contributed by atoms with Crippen molar-refractivity contribution in [2.75, 3.05) is 11.9 Å². The molecule has 2 unspecified atom stereocenters. The van der Waals surface area contributed by atoms with Gasteiger partial charge in [0.05, 0.1) is 5.02 Å². The monoisotopic (exact) mass is 316 g/mol. The molecule has 3 nitrogen and oxygen atoms in total. The quantitative estimate of drug-likeness (QED) is 0.813. The van der Waals surface area contributed by atoms with Gasteiger partial charge in [-0.05, 0) is 37.7 Å². The molecule has 0 bridgehead atoms. The second-order valence-electron chi connectivity index (χ2n) is 5.45. The Balaban J connectivity index is 2.13. The van der Waals surface area contributed by atoms with Gasteiger partial charge in [0, 0.05) is 6.54 Å². The van der Waals surface area contributed by atoms with Crippen LogP contribution in [0.2, 0.25) is 10.0 Å². The normalized spacial score (nSPS) is 22.6. The first-order valence-corrected chi connectivity index (χ1v) is 8.14. The van der Waals surface area contributed by atoms with Crippen molar-refractivity contribution in [1.29, 1.82) is 0 Å². The molecule has 5 heteroatoms. The van der Waals surface area contributed by atoms with E-state index in [9.17, 15) is 0 Å². The zero-order chi connectivity index (χ0) is 14.5. The van der Waals surface area contributed by atoms with Crippen LogP contribution in [0.1, 0.15) is 46.0 Å². The fourth-order valence-electron chi connectivity index (χ4n) is 2.50. The predicted octanol–water partition coefficient (Wildman–Crippen LogP) is 5.17. The van der Waals surface area contributed by atoms with Gasteiger partial charge >= 0.3 is 0 Å². The number of nitrogens with zero attached hydrogens (tertiary/aromatic N) is 1. The Hall–Kier alpha value is -0.670. The Morgan fingerprint density at radius 1 is 1.30 bits per heavy atom. The molecular weight excluding hydrogens is 295 g/mol. The molecule has 2 atom stereocenters. The Morgan fingerprint density at radius 3 is 2.75 bits per heavy atom. The highest BCUT2D eigenvalue weighted by Gasteiger charge is 2.24. The second-order valence-corrected chi connectivity index (χ2v) is 6.26. The molecule has 1 N–H and O–H groups in total. The molecule has 1 saturated carbocycles. The highest BCUT2D eigenvalue weighted by molar-refractivity contribution is 6.36. The van der Waals surface area contributed by atoms with Crippen molar-refractivity contribution in [1.82, 2.24) is 4.98 Å². The lowest BCUT2D eigenvalue weighted by Crippen LogP contribution is -2.28. The smallest absolute Gasteiger partial charge is 0.234 e. The number of nitrogens with one attached hydrogen (secondary N) is 1. The minimum Gasteiger partial charge on any atom is -0.473 e. The lowest BCUT2D eigenvalue weighted by molar-refractivity contribution is 0.0979. The van der Waals surface area contributed by atoms with E-state index in [1.807, 2.05) is 0 Å². The summed E-state index contributed by atoms with van der Waals surface area (Å²) in [5, 5.41) is 4.21. The summed E-state index contributed by atoms with van der Waals surface area (Å²) in [5.74, 6) is 1.69. The van der Waals surface area contributed by atoms with Crippen LogP contribution in [0.25, 0.3) is 0 Å². The van der Waals surface area contributed by atoms with Crippen LogP contribution in [0.15, 0.2) is 6.07 Å². The zero-order valence-corrected chi connectivity index (χ0v) is 13.6. The van der Waals surface area contributed by atoms with Gasteiger partial charge in [-0.3, -0.25) is 0 Å². The van der Waals surface area contributed by atoms with Crippen molar-refractivity contribution in [3.8, 4) is 5.88 Å². The van der Waals surface area contributed by atoms with Gasteiger partial charge in [-0.1, -0.05) is 43.5 Å². The fraction of sp³-hybridized carbons (Fsp3) is 0.667. The summed E-state index contributed by atoms with van der Waals surface area (Å²) in [5.41, 5.74) is 0. The minimum absolute atomic E-state index is 0.203. The van der Waals surface area contributed by atoms with Gasteiger partial charge in [-0.25, -0.2) is 0 Å². The molecule has 112 valence electrons. The largest absolute Gasteiger partial charge is 0.473 e. The van der Waals surface area contributed by atoms with Gasteiger partial charge in [0.25, 0.3) is 0 Å². The van der Waals surface area contributed by atoms with Crippen molar-refractivity contribution in [2.24, 2.45) is 5.92 Å². The standard InChI is InChI=1S/C15H22Cl2N2O/c1-3-8-18-14-11(16)9-12(17)15(19-14)20-13-7-5-4-6-10(13)2/h9-10,13H,3-8H2,1-2H3,(H,18,19). The van der Waals surface area contributed by atoms with Crippen LogP contribution in [0.3, 0.4) is 0 Å². The molecule has 1 heterocycles. The third-order valence-corrected chi connectivity index (χ3v) is 4.29. The molecule has 1 aliphatic carbocycles. The molecular formula is C15H22Cl2N2O. The number of rotatable bonds is 5. The first-order chi connectivity index (χ1) is 9.61. The number of halogens is 2. The van der Waals surface area contributed by atoms with Crippen molar-refractivity contribution >= 4 is 29.0 Å². The maximum absolute atomic E-state index is 6.20. The van der Waals surface area contributed by atoms with Crippen LogP contribution in [0.5, 0.6) is 5.88 Å². The van der Waals surface area contributed by atoms with Crippen LogP contribution in [-0.2, 0) is 0 Å². The lowest BCUT2D eigenvalue weighted by atomic mass is 9.88. The van der Waals surface area contributed by atoms with E-state index in [1.165, 1.54) is 19.3 Å². The van der Waals surface area contributed by atoms with Crippen molar-refractivity contribution < 1.29 is 4.74 Å². The van der Waals surface area contributed by atoms with Crippen LogP contribution in [0.4, 0.5) is 5.82 Å². The van der Waals surface area contributed by atoms with Crippen LogP contribution >= 0.6 is 23.2 Å². The van der Waals surface area contributed by atoms with Gasteiger partial charge in [-0.15, -0.1) is 0 Å². The minimum atomic E-state index is 0.203. The van der Waals surface area contributed by atoms with E-state index in [0.717, 1.165) is 19.4 Å². The van der Waals surface area contributed by atoms with Crippen LogP contribution in [-0.4, -0.2) is 17.6 Å². The molecule has 0 spiro atoms. The highest BCUT2D eigenvalue weighted by Crippen LogP contribution is 2.34. The van der Waals surface area contributed by atoms with E-state index < -0.39 is 0 Å². The molecule has 1 aromatic heterocycles. The van der Waals surface area contributed by atoms with Crippen LogP contribution in [0, 0.1) is 5.92 Å². The number of anilines is 1. The Bertz CT molecular complexity index is 454. The molecule has 2 rings (SSSR count). The lowest BCUT2D eigenvalue weighted by Gasteiger charge is -2.29. The highest BCUT2D eigenvalue weighted by atomic mass is 35.5. The van der Waals surface area contributed by atoms with E-state index >= 15 is 0 Å². The summed E-state index contributed by atoms with van der Waals surface area (Å²) in [6.07, 6.45) is 5.98. The van der Waals surface area contributed by atoms with E-state index in [0.29, 0.717) is 27.7 Å². The predicted molar refractivity (Wildman–Crippen MR) is 85.1 cm³/mol. The molecule has 0 aliphatic heterocycles. The van der Waals surface area contributed by atoms with Crippen molar-refractivity contribution in [2.45, 2.75) is 52.1 Å². The summed E-state index contributed by atoms with van der Waals surface area (Å²) in [6.45, 7) is 5.15. The topological polar surface area (TPSA) is 34.2 Å². The average Bonchev–Trinajstić information content (AvgIpc) is 2.43. The second kappa shape index (κ2) is 7.37. The number of ether oxygens (including phenoxy) is 1. The zero-order valence-electron chi connectivity index (χ0n) is 12.1. The molecule has 20 heavy (non-hydrogen) atoms. The number of hydrogen-bond donors (Lipinski definition) is 1. The summed E-state index contributed by atoms with van der Waals surface area (Å²) in [4.78, 5) is 4.44. The summed E-state index contributed by atoms with van der Waals surface area (Å²) < 4.78 is 6.03. The molecule has 0 radical (unpaired) electrons. The Morgan fingerprint density at radius 2 is 2.05 bits per heavy atom. The fourth-order valence-corrected chi connectivity index (χ4v) is 2.97. The van der Waals surface area contributed by atoms with Gasteiger partial charge in [0.15, 0.2) is 0 Å². The molecule has 0 aromatic carbocycles. The van der Waals surface area contributed by atoms with Crippen molar-refractivity contribution in [3.63, 3.8) is 0 Å². The average molecular weight is 317 g/mol. The third kappa shape index (κ3) is 3.92. The number of hydrogen-bond acceptors (Lipinski definition) is 3. The first-order valence-electron chi connectivity index (χ1n) is 7.38. The first kappa shape index (κ1) is 15.7. The maximum atomic E-state index is 6.20. The Kier molecular flexibility index (Phi) is 5.79. The van der Waals surface area contributed by atoms with E-state index in [4.69, 9.17) is 27.9 Å². The molecule has 0 saturated heterocycles. The SMILES string of the molecule is CCCNc1nc(OC2CCCCC2C)c(Cl)cc1Cl. The van der Waals surface area contributed by atoms with Crippen molar-refractivity contribution in [3.05, 3.63) is 16.1 Å². The molecule has 0 amide bonds. The third-order valence-electron chi connectivity index (χ3n) is 3.74. The molecule has 1 fully saturated rings. The van der Waals surface area contributed by atoms with Gasteiger partial charge in [-0.2, -0.15) is 4.98 Å². The summed E-state index contributed by atoms with van der Waals surface area (Å²) in [7, 11) is 0. The Labute approximate surface area is 131 Å². The van der Waals surface area contributed by atoms with Gasteiger partial charge in [0.1, 0.15) is 16.9 Å². The van der Waals surface area contributed by atoms with E-state index in [2.05, 4.69) is 24.1 Å². The molecule has 1 aliphatic rings. The van der Waals surface area contributed by atoms with E-state index in [-0.39, 0.29) is 6.10 Å². The number of pyridine rings is 1. The van der Waals surface area contributed by atoms with Crippen LogP contribution < -0.4 is 10.1 Å². The molecule has 1 aromatic rings. The van der Waals surface area contributed by atoms with Gasteiger partial charge < -0.3 is 10.1 Å². The van der Waals surface area contributed by atoms with Gasteiger partial charge in [0.2, 0.25) is 5.88 Å².